The van der Waals surface area contributed by atoms with E-state index in [1.165, 1.54) is 12.1 Å². The van der Waals surface area contributed by atoms with Crippen LogP contribution in [0.4, 0.5) is 4.79 Å². The number of carboxylic acid groups (broad SMARTS) is 1. The van der Waals surface area contributed by atoms with Gasteiger partial charge in [-0.25, -0.2) is 17.9 Å². The lowest BCUT2D eigenvalue weighted by atomic mass is 10.2. The molecule has 0 aliphatic rings. The molecule has 1 rings (SSSR count). The van der Waals surface area contributed by atoms with E-state index in [-0.39, 0.29) is 17.7 Å². The molecule has 1 aromatic carbocycles. The number of aryl methyl sites for hydroxylation is 1. The smallest absolute Gasteiger partial charge is 0.328 e. The number of aliphatic carboxylic acids is 1. The first-order valence-electron chi connectivity index (χ1n) is 6.32. The highest BCUT2D eigenvalue weighted by atomic mass is 32.2. The second kappa shape index (κ2) is 7.07. The van der Waals surface area contributed by atoms with Crippen LogP contribution in [0.2, 0.25) is 0 Å². The topological polar surface area (TPSA) is 113 Å². The van der Waals surface area contributed by atoms with E-state index >= 15 is 0 Å². The minimum absolute atomic E-state index is 0.0126. The lowest BCUT2D eigenvalue weighted by Crippen LogP contribution is -2.43. The van der Waals surface area contributed by atoms with Gasteiger partial charge in [0.1, 0.15) is 0 Å². The molecule has 0 aliphatic heterocycles. The molecule has 0 aliphatic carbocycles. The van der Waals surface area contributed by atoms with Gasteiger partial charge in [-0.15, -0.1) is 0 Å². The van der Waals surface area contributed by atoms with Gasteiger partial charge in [0.2, 0.25) is 0 Å². The Morgan fingerprint density at radius 3 is 2.33 bits per heavy atom. The molecule has 0 fully saturated rings. The summed E-state index contributed by atoms with van der Waals surface area (Å²) >= 11 is 0. The number of hydrogen-bond donors (Lipinski definition) is 3. The first-order valence-corrected chi connectivity index (χ1v) is 7.81. The largest absolute Gasteiger partial charge is 0.481 e. The first-order chi connectivity index (χ1) is 9.70. The predicted octanol–water partition coefficient (Wildman–Crippen LogP) is 1.24. The van der Waals surface area contributed by atoms with E-state index in [9.17, 15) is 18.0 Å². The van der Waals surface area contributed by atoms with E-state index in [0.717, 1.165) is 5.56 Å². The molecule has 1 atom stereocenters. The molecule has 0 saturated carbocycles. The first kappa shape index (κ1) is 17.0. The Labute approximate surface area is 123 Å². The van der Waals surface area contributed by atoms with Crippen LogP contribution in [0.25, 0.3) is 0 Å². The summed E-state index contributed by atoms with van der Waals surface area (Å²) in [5.41, 5.74) is 0.903. The molecular formula is C13H18N2O5S. The highest BCUT2D eigenvalue weighted by Gasteiger charge is 2.18. The SMILES string of the molecule is Cc1ccc(S(=O)(=O)NC(=O)NC(C)CCC(=O)O)cc1. The standard InChI is InChI=1S/C13H18N2O5S/c1-9-3-6-11(7-4-9)21(19,20)15-13(18)14-10(2)5-8-12(16)17/h3-4,6-7,10H,5,8H2,1-2H3,(H,16,17)(H2,14,15,18). The molecule has 3 N–H and O–H groups in total. The van der Waals surface area contributed by atoms with E-state index in [0.29, 0.717) is 0 Å². The molecule has 8 heteroatoms. The maximum absolute atomic E-state index is 11.9. The van der Waals surface area contributed by atoms with Gasteiger partial charge in [0, 0.05) is 12.5 Å². The molecular weight excluding hydrogens is 296 g/mol. The lowest BCUT2D eigenvalue weighted by molar-refractivity contribution is -0.137. The lowest BCUT2D eigenvalue weighted by Gasteiger charge is -2.14. The summed E-state index contributed by atoms with van der Waals surface area (Å²) in [5.74, 6) is -0.976. The quantitative estimate of drug-likeness (QED) is 0.731. The number of urea groups is 1. The van der Waals surface area contributed by atoms with Crippen molar-refractivity contribution in [2.45, 2.75) is 37.6 Å². The Hall–Kier alpha value is -2.09. The van der Waals surface area contributed by atoms with Crippen LogP contribution in [0.3, 0.4) is 0 Å². The molecule has 7 nitrogen and oxygen atoms in total. The van der Waals surface area contributed by atoms with Crippen LogP contribution in [0.5, 0.6) is 0 Å². The number of nitrogens with one attached hydrogen (secondary N) is 2. The minimum Gasteiger partial charge on any atom is -0.481 e. The van der Waals surface area contributed by atoms with E-state index in [4.69, 9.17) is 5.11 Å². The normalized spacial score (nSPS) is 12.5. The minimum atomic E-state index is -3.93. The summed E-state index contributed by atoms with van der Waals surface area (Å²) in [6, 6.07) is 4.73. The number of rotatable bonds is 6. The second-order valence-electron chi connectivity index (χ2n) is 4.73. The van der Waals surface area contributed by atoms with Crippen molar-refractivity contribution in [3.05, 3.63) is 29.8 Å². The molecule has 0 saturated heterocycles. The molecule has 0 aromatic heterocycles. The Bertz CT molecular complexity index is 610. The van der Waals surface area contributed by atoms with Crippen LogP contribution in [0, 0.1) is 6.92 Å². The summed E-state index contributed by atoms with van der Waals surface area (Å²) in [6.45, 7) is 3.42. The van der Waals surface area contributed by atoms with Crippen molar-refractivity contribution in [3.8, 4) is 0 Å². The number of sulfonamides is 1. The molecule has 116 valence electrons. The van der Waals surface area contributed by atoms with Crippen molar-refractivity contribution in [1.82, 2.24) is 10.0 Å². The van der Waals surface area contributed by atoms with Gasteiger partial charge in [-0.3, -0.25) is 4.79 Å². The van der Waals surface area contributed by atoms with Crippen molar-refractivity contribution in [1.29, 1.82) is 0 Å². The van der Waals surface area contributed by atoms with Crippen molar-refractivity contribution >= 4 is 22.0 Å². The van der Waals surface area contributed by atoms with Crippen molar-refractivity contribution in [3.63, 3.8) is 0 Å². The highest BCUT2D eigenvalue weighted by molar-refractivity contribution is 7.90. The van der Waals surface area contributed by atoms with Crippen molar-refractivity contribution in [2.24, 2.45) is 0 Å². The maximum atomic E-state index is 11.9. The van der Waals surface area contributed by atoms with Gasteiger partial charge in [-0.2, -0.15) is 0 Å². The van der Waals surface area contributed by atoms with Crippen LogP contribution in [0.15, 0.2) is 29.2 Å². The maximum Gasteiger partial charge on any atom is 0.328 e. The van der Waals surface area contributed by atoms with Gasteiger partial charge in [0.05, 0.1) is 4.90 Å². The van der Waals surface area contributed by atoms with Crippen LogP contribution in [-0.2, 0) is 14.8 Å². The average Bonchev–Trinajstić information content (AvgIpc) is 2.36. The zero-order chi connectivity index (χ0) is 16.0. The number of benzene rings is 1. The number of carbonyl (C=O) groups is 2. The fourth-order valence-corrected chi connectivity index (χ4v) is 2.48. The van der Waals surface area contributed by atoms with Crippen LogP contribution < -0.4 is 10.0 Å². The van der Waals surface area contributed by atoms with E-state index in [2.05, 4.69) is 5.32 Å². The molecule has 0 heterocycles. The zero-order valence-electron chi connectivity index (χ0n) is 11.8. The fourth-order valence-electron chi connectivity index (χ4n) is 1.56. The Balaban J connectivity index is 2.61. The van der Waals surface area contributed by atoms with Crippen molar-refractivity contribution in [2.75, 3.05) is 0 Å². The third-order valence-electron chi connectivity index (χ3n) is 2.73. The zero-order valence-corrected chi connectivity index (χ0v) is 12.6. The van der Waals surface area contributed by atoms with E-state index < -0.39 is 28.1 Å². The molecule has 1 unspecified atom stereocenters. The summed E-state index contributed by atoms with van der Waals surface area (Å²) in [4.78, 5) is 22.0. The number of carbonyl (C=O) groups excluding carboxylic acids is 1. The number of amides is 2. The third-order valence-corrected chi connectivity index (χ3v) is 4.07. The third kappa shape index (κ3) is 5.82. The van der Waals surface area contributed by atoms with Gasteiger partial charge in [0.25, 0.3) is 10.0 Å². The summed E-state index contributed by atoms with van der Waals surface area (Å²) in [7, 11) is -3.93. The molecule has 0 radical (unpaired) electrons. The van der Waals surface area contributed by atoms with E-state index in [1.807, 2.05) is 11.6 Å². The van der Waals surface area contributed by atoms with Gasteiger partial charge < -0.3 is 10.4 Å². The van der Waals surface area contributed by atoms with Crippen molar-refractivity contribution < 1.29 is 23.1 Å². The number of carboxylic acids is 1. The second-order valence-corrected chi connectivity index (χ2v) is 6.41. The Morgan fingerprint density at radius 2 is 1.81 bits per heavy atom. The van der Waals surface area contributed by atoms with Crippen LogP contribution in [-0.4, -0.2) is 31.6 Å². The predicted molar refractivity (Wildman–Crippen MR) is 76.4 cm³/mol. The molecule has 1 aromatic rings. The summed E-state index contributed by atoms with van der Waals surface area (Å²) < 4.78 is 25.8. The Morgan fingerprint density at radius 1 is 1.24 bits per heavy atom. The summed E-state index contributed by atoms with van der Waals surface area (Å²) in [6.07, 6.45) is 0.111. The fraction of sp³-hybridized carbons (Fsp3) is 0.385. The van der Waals surface area contributed by atoms with Gasteiger partial charge >= 0.3 is 12.0 Å². The average molecular weight is 314 g/mol. The van der Waals surface area contributed by atoms with Gasteiger partial charge in [-0.05, 0) is 32.4 Å². The summed E-state index contributed by atoms with van der Waals surface area (Å²) in [5, 5.41) is 10.9. The van der Waals surface area contributed by atoms with Gasteiger partial charge in [0.15, 0.2) is 0 Å². The van der Waals surface area contributed by atoms with E-state index in [1.54, 1.807) is 19.1 Å². The van der Waals surface area contributed by atoms with Gasteiger partial charge in [-0.1, -0.05) is 17.7 Å². The highest BCUT2D eigenvalue weighted by Crippen LogP contribution is 2.09. The molecule has 0 bridgehead atoms. The van der Waals surface area contributed by atoms with Crippen LogP contribution >= 0.6 is 0 Å². The monoisotopic (exact) mass is 314 g/mol. The molecule has 2 amide bonds. The number of hydrogen-bond acceptors (Lipinski definition) is 4. The Kier molecular flexibility index (Phi) is 5.71. The molecule has 21 heavy (non-hydrogen) atoms. The molecule has 0 spiro atoms. The van der Waals surface area contributed by atoms with Crippen LogP contribution in [0.1, 0.15) is 25.3 Å².